The number of nitrogens with zero attached hydrogens (tertiary/aromatic N) is 2. The lowest BCUT2D eigenvalue weighted by Crippen LogP contribution is -2.44. The maximum atomic E-state index is 13.2. The van der Waals surface area contributed by atoms with Crippen molar-refractivity contribution in [3.63, 3.8) is 0 Å². The monoisotopic (exact) mass is 434 g/mol. The summed E-state index contributed by atoms with van der Waals surface area (Å²) in [5.41, 5.74) is 1.22. The number of anilines is 3. The van der Waals surface area contributed by atoms with Gasteiger partial charge in [-0.05, 0) is 55.9 Å². The highest BCUT2D eigenvalue weighted by molar-refractivity contribution is 6.05. The van der Waals surface area contributed by atoms with Gasteiger partial charge in [0.15, 0.2) is 0 Å². The summed E-state index contributed by atoms with van der Waals surface area (Å²) in [6.45, 7) is 6.85. The van der Waals surface area contributed by atoms with Crippen LogP contribution in [-0.2, 0) is 11.0 Å². The van der Waals surface area contributed by atoms with Gasteiger partial charge in [0.1, 0.15) is 0 Å². The van der Waals surface area contributed by atoms with Crippen LogP contribution in [-0.4, -0.2) is 49.9 Å². The van der Waals surface area contributed by atoms with Gasteiger partial charge in [-0.15, -0.1) is 0 Å². The first-order chi connectivity index (χ1) is 14.5. The Morgan fingerprint density at radius 2 is 1.61 bits per heavy atom. The summed E-state index contributed by atoms with van der Waals surface area (Å²) in [5, 5.41) is 4.95. The van der Waals surface area contributed by atoms with Crippen molar-refractivity contribution in [3.05, 3.63) is 53.1 Å². The number of hydrogen-bond donors (Lipinski definition) is 2. The fraction of sp³-hybridized carbons (Fsp3) is 0.364. The second kappa shape index (κ2) is 8.97. The number of aryl methyl sites for hydroxylation is 1. The smallest absolute Gasteiger partial charge is 0.369 e. The third-order valence-electron chi connectivity index (χ3n) is 5.14. The normalized spacial score (nSPS) is 15.0. The largest absolute Gasteiger partial charge is 0.416 e. The molecule has 2 N–H and O–H groups in total. The lowest BCUT2D eigenvalue weighted by Gasteiger charge is -2.35. The Morgan fingerprint density at radius 1 is 0.935 bits per heavy atom. The van der Waals surface area contributed by atoms with Gasteiger partial charge < -0.3 is 20.4 Å². The summed E-state index contributed by atoms with van der Waals surface area (Å²) < 4.78 is 39.7. The highest BCUT2D eigenvalue weighted by Crippen LogP contribution is 2.32. The highest BCUT2D eigenvalue weighted by Gasteiger charge is 2.32. The summed E-state index contributed by atoms with van der Waals surface area (Å²) in [5.74, 6) is -1.22. The van der Waals surface area contributed by atoms with Crippen LogP contribution in [0.15, 0.2) is 36.4 Å². The van der Waals surface area contributed by atoms with E-state index in [1.165, 1.54) is 13.0 Å². The van der Waals surface area contributed by atoms with E-state index in [4.69, 9.17) is 0 Å². The van der Waals surface area contributed by atoms with Gasteiger partial charge in [0.05, 0.1) is 5.56 Å². The number of benzene rings is 2. The Labute approximate surface area is 179 Å². The van der Waals surface area contributed by atoms with Crippen LogP contribution in [0.25, 0.3) is 0 Å². The lowest BCUT2D eigenvalue weighted by molar-refractivity contribution is -0.137. The first-order valence-electron chi connectivity index (χ1n) is 9.88. The van der Waals surface area contributed by atoms with E-state index in [0.29, 0.717) is 5.69 Å². The van der Waals surface area contributed by atoms with Crippen molar-refractivity contribution in [2.45, 2.75) is 20.0 Å². The number of carbonyl (C=O) groups is 2. The van der Waals surface area contributed by atoms with E-state index < -0.39 is 23.6 Å². The summed E-state index contributed by atoms with van der Waals surface area (Å²) >= 11 is 0. The molecule has 2 amide bonds. The van der Waals surface area contributed by atoms with E-state index >= 15 is 0 Å². The zero-order valence-corrected chi connectivity index (χ0v) is 17.6. The van der Waals surface area contributed by atoms with Gasteiger partial charge in [-0.1, -0.05) is 0 Å². The number of piperazine rings is 1. The summed E-state index contributed by atoms with van der Waals surface area (Å²) in [6.07, 6.45) is -4.65. The predicted octanol–water partition coefficient (Wildman–Crippen LogP) is 3.98. The number of hydrogen-bond acceptors (Lipinski definition) is 4. The number of halogens is 3. The Kier molecular flexibility index (Phi) is 6.54. The molecule has 2 aromatic carbocycles. The molecule has 0 unspecified atom stereocenters. The highest BCUT2D eigenvalue weighted by atomic mass is 19.4. The molecule has 166 valence electrons. The quantitative estimate of drug-likeness (QED) is 0.764. The zero-order chi connectivity index (χ0) is 22.8. The van der Waals surface area contributed by atoms with Crippen LogP contribution in [0, 0.1) is 6.92 Å². The molecule has 1 fully saturated rings. The minimum Gasteiger partial charge on any atom is -0.369 e. The van der Waals surface area contributed by atoms with Gasteiger partial charge in [0.2, 0.25) is 5.91 Å². The number of alkyl halides is 3. The molecule has 0 atom stereocenters. The molecule has 0 aliphatic carbocycles. The van der Waals surface area contributed by atoms with E-state index in [9.17, 15) is 22.8 Å². The van der Waals surface area contributed by atoms with E-state index in [1.54, 1.807) is 12.1 Å². The molecule has 0 aromatic heterocycles. The topological polar surface area (TPSA) is 64.7 Å². The van der Waals surface area contributed by atoms with Crippen LogP contribution in [0.2, 0.25) is 0 Å². The maximum absolute atomic E-state index is 13.2. The molecule has 9 heteroatoms. The van der Waals surface area contributed by atoms with Gasteiger partial charge >= 0.3 is 6.18 Å². The fourth-order valence-electron chi connectivity index (χ4n) is 3.54. The summed E-state index contributed by atoms with van der Waals surface area (Å²) in [7, 11) is 2.08. The van der Waals surface area contributed by atoms with Gasteiger partial charge in [0, 0.05) is 55.7 Å². The molecule has 1 saturated heterocycles. The van der Waals surface area contributed by atoms with E-state index in [1.807, 2.05) is 13.0 Å². The van der Waals surface area contributed by atoms with Gasteiger partial charge in [0.25, 0.3) is 5.91 Å². The standard InChI is InChI=1S/C22H25F3N4O2/c1-14-10-18(4-5-20(14)29-8-6-28(3)7-9-29)27-21(31)16-11-17(22(23,24)25)13-19(12-16)26-15(2)30/h4-5,10-13H,6-9H2,1-3H3,(H,26,30)(H,27,31). The zero-order valence-electron chi connectivity index (χ0n) is 17.6. The molecule has 0 bridgehead atoms. The van der Waals surface area contributed by atoms with Crippen molar-refractivity contribution < 1.29 is 22.8 Å². The average Bonchev–Trinajstić information content (AvgIpc) is 2.67. The molecule has 1 aliphatic rings. The van der Waals surface area contributed by atoms with Gasteiger partial charge in [-0.25, -0.2) is 0 Å². The Balaban J connectivity index is 1.80. The van der Waals surface area contributed by atoms with Crippen molar-refractivity contribution in [1.82, 2.24) is 4.90 Å². The fourth-order valence-corrected chi connectivity index (χ4v) is 3.54. The molecule has 0 spiro atoms. The van der Waals surface area contributed by atoms with Crippen LogP contribution >= 0.6 is 0 Å². The van der Waals surface area contributed by atoms with Gasteiger partial charge in [-0.3, -0.25) is 9.59 Å². The number of rotatable bonds is 4. The maximum Gasteiger partial charge on any atom is 0.416 e. The summed E-state index contributed by atoms with van der Waals surface area (Å²) in [4.78, 5) is 28.4. The van der Waals surface area contributed by atoms with E-state index in [2.05, 4.69) is 27.5 Å². The minimum atomic E-state index is -4.65. The summed E-state index contributed by atoms with van der Waals surface area (Å²) in [6, 6.07) is 8.23. The first-order valence-corrected chi connectivity index (χ1v) is 9.88. The van der Waals surface area contributed by atoms with Gasteiger partial charge in [-0.2, -0.15) is 13.2 Å². The number of amides is 2. The number of nitrogens with one attached hydrogen (secondary N) is 2. The SMILES string of the molecule is CC(=O)Nc1cc(C(=O)Nc2ccc(N3CCN(C)CC3)c(C)c2)cc(C(F)(F)F)c1. The van der Waals surface area contributed by atoms with Crippen LogP contribution in [0.4, 0.5) is 30.2 Å². The minimum absolute atomic E-state index is 0.0888. The molecule has 31 heavy (non-hydrogen) atoms. The van der Waals surface area contributed by atoms with Crippen LogP contribution in [0.1, 0.15) is 28.4 Å². The molecule has 1 heterocycles. The van der Waals surface area contributed by atoms with Crippen LogP contribution < -0.4 is 15.5 Å². The molecule has 3 rings (SSSR count). The van der Waals surface area contributed by atoms with E-state index in [-0.39, 0.29) is 11.3 Å². The number of carbonyl (C=O) groups excluding carboxylic acids is 2. The first kappa shape index (κ1) is 22.6. The molecular weight excluding hydrogens is 409 g/mol. The second-order valence-electron chi connectivity index (χ2n) is 7.72. The van der Waals surface area contributed by atoms with Crippen LogP contribution in [0.5, 0.6) is 0 Å². The van der Waals surface area contributed by atoms with E-state index in [0.717, 1.165) is 49.6 Å². The molecule has 1 aliphatic heterocycles. The second-order valence-corrected chi connectivity index (χ2v) is 7.72. The number of likely N-dealkylation sites (N-methyl/N-ethyl adjacent to an activating group) is 1. The third-order valence-corrected chi connectivity index (χ3v) is 5.14. The molecular formula is C22H25F3N4O2. The Morgan fingerprint density at radius 3 is 2.19 bits per heavy atom. The van der Waals surface area contributed by atoms with Crippen molar-refractivity contribution in [2.75, 3.05) is 48.8 Å². The molecule has 6 nitrogen and oxygen atoms in total. The molecule has 0 saturated carbocycles. The average molecular weight is 434 g/mol. The Bertz CT molecular complexity index is 983. The molecule has 0 radical (unpaired) electrons. The predicted molar refractivity (Wildman–Crippen MR) is 115 cm³/mol. The third kappa shape index (κ3) is 5.75. The van der Waals surface area contributed by atoms with Crippen molar-refractivity contribution in [2.24, 2.45) is 0 Å². The van der Waals surface area contributed by atoms with Crippen molar-refractivity contribution in [3.8, 4) is 0 Å². The Hall–Kier alpha value is -3.07. The van der Waals surface area contributed by atoms with Crippen molar-refractivity contribution in [1.29, 1.82) is 0 Å². The van der Waals surface area contributed by atoms with Crippen LogP contribution in [0.3, 0.4) is 0 Å². The van der Waals surface area contributed by atoms with Crippen molar-refractivity contribution >= 4 is 28.9 Å². The molecule has 2 aromatic rings. The lowest BCUT2D eigenvalue weighted by atomic mass is 10.1.